The average molecular weight is 130 g/mol. The van der Waals surface area contributed by atoms with Crippen molar-refractivity contribution in [2.75, 3.05) is 7.05 Å². The van der Waals surface area contributed by atoms with Crippen molar-refractivity contribution in [1.82, 2.24) is 16.1 Å². The van der Waals surface area contributed by atoms with Gasteiger partial charge in [0.1, 0.15) is 0 Å². The SMILES string of the molecule is CN1NN=C(C(=O)O)N1. The molecule has 0 saturated heterocycles. The molecule has 1 rings (SSSR count). The predicted octanol–water partition coefficient (Wildman–Crippen LogP) is -1.66. The first kappa shape index (κ1) is 5.83. The fourth-order valence-electron chi connectivity index (χ4n) is 0.429. The predicted molar refractivity (Wildman–Crippen MR) is 29.1 cm³/mol. The first-order chi connectivity index (χ1) is 4.20. The zero-order valence-corrected chi connectivity index (χ0v) is 4.75. The van der Waals surface area contributed by atoms with Gasteiger partial charge < -0.3 is 5.11 Å². The molecule has 0 aliphatic carbocycles. The number of carboxylic acid groups (broad SMARTS) is 1. The minimum absolute atomic E-state index is 0.0995. The number of hydrogen-bond donors (Lipinski definition) is 3. The maximum absolute atomic E-state index is 10.1. The first-order valence-electron chi connectivity index (χ1n) is 2.27. The number of hydrazone groups is 1. The van der Waals surface area contributed by atoms with Gasteiger partial charge in [-0.15, -0.1) is 10.2 Å². The Kier molecular flexibility index (Phi) is 1.23. The summed E-state index contributed by atoms with van der Waals surface area (Å²) in [6.45, 7) is 0. The standard InChI is InChI=1S/C3H6N4O2/c1-7-5-2(3(8)9)4-6-7/h6H,1H3,(H,4,5)(H,8,9). The lowest BCUT2D eigenvalue weighted by atomic mass is 10.6. The maximum Gasteiger partial charge on any atom is 0.374 e. The van der Waals surface area contributed by atoms with Crippen molar-refractivity contribution in [3.05, 3.63) is 0 Å². The maximum atomic E-state index is 10.1. The molecule has 1 aliphatic rings. The molecule has 3 N–H and O–H groups in total. The summed E-state index contributed by atoms with van der Waals surface area (Å²) < 4.78 is 0. The molecule has 6 nitrogen and oxygen atoms in total. The summed E-state index contributed by atoms with van der Waals surface area (Å²) in [7, 11) is 1.61. The molecule has 6 heteroatoms. The van der Waals surface area contributed by atoms with Crippen LogP contribution >= 0.6 is 0 Å². The quantitative estimate of drug-likeness (QED) is 0.396. The summed E-state index contributed by atoms with van der Waals surface area (Å²) in [6.07, 6.45) is 0. The molecule has 0 radical (unpaired) electrons. The van der Waals surface area contributed by atoms with Gasteiger partial charge in [0.25, 0.3) is 0 Å². The van der Waals surface area contributed by atoms with Crippen LogP contribution in [0.15, 0.2) is 5.10 Å². The van der Waals surface area contributed by atoms with Crippen molar-refractivity contribution in [3.63, 3.8) is 0 Å². The van der Waals surface area contributed by atoms with Gasteiger partial charge in [-0.2, -0.15) is 0 Å². The Hall–Kier alpha value is -1.30. The Morgan fingerprint density at radius 1 is 1.89 bits per heavy atom. The molecule has 0 fully saturated rings. The third-order valence-corrected chi connectivity index (χ3v) is 0.788. The number of hydrogen-bond acceptors (Lipinski definition) is 5. The summed E-state index contributed by atoms with van der Waals surface area (Å²) in [4.78, 5) is 10.1. The topological polar surface area (TPSA) is 77.0 Å². The zero-order valence-electron chi connectivity index (χ0n) is 4.75. The highest BCUT2D eigenvalue weighted by Gasteiger charge is 2.15. The average Bonchev–Trinajstić information content (AvgIpc) is 2.14. The molecule has 0 aromatic carbocycles. The van der Waals surface area contributed by atoms with Gasteiger partial charge in [0, 0.05) is 7.05 Å². The molecular weight excluding hydrogens is 124 g/mol. The third kappa shape index (κ3) is 1.08. The molecular formula is C3H6N4O2. The van der Waals surface area contributed by atoms with Crippen LogP contribution in [-0.2, 0) is 4.79 Å². The Morgan fingerprint density at radius 2 is 2.56 bits per heavy atom. The summed E-state index contributed by atoms with van der Waals surface area (Å²) >= 11 is 0. The van der Waals surface area contributed by atoms with Crippen molar-refractivity contribution >= 4 is 11.8 Å². The smallest absolute Gasteiger partial charge is 0.374 e. The van der Waals surface area contributed by atoms with Crippen molar-refractivity contribution in [1.29, 1.82) is 0 Å². The number of nitrogens with zero attached hydrogens (tertiary/aromatic N) is 2. The molecule has 0 bridgehead atoms. The zero-order chi connectivity index (χ0) is 6.85. The van der Waals surface area contributed by atoms with Gasteiger partial charge in [-0.25, -0.2) is 10.3 Å². The second-order valence-electron chi connectivity index (χ2n) is 1.54. The van der Waals surface area contributed by atoms with Gasteiger partial charge in [0.15, 0.2) is 0 Å². The van der Waals surface area contributed by atoms with E-state index in [9.17, 15) is 4.79 Å². The summed E-state index contributed by atoms with van der Waals surface area (Å²) in [5.74, 6) is -1.18. The Labute approximate surface area is 51.1 Å². The van der Waals surface area contributed by atoms with Crippen molar-refractivity contribution < 1.29 is 9.90 Å². The molecule has 0 spiro atoms. The van der Waals surface area contributed by atoms with E-state index in [1.165, 1.54) is 5.12 Å². The molecule has 0 saturated carbocycles. The Balaban J connectivity index is 2.55. The van der Waals surface area contributed by atoms with E-state index in [1.54, 1.807) is 7.05 Å². The van der Waals surface area contributed by atoms with Crippen molar-refractivity contribution in [2.45, 2.75) is 0 Å². The van der Waals surface area contributed by atoms with Crippen LogP contribution < -0.4 is 11.0 Å². The van der Waals surface area contributed by atoms with Gasteiger partial charge in [-0.1, -0.05) is 0 Å². The molecule has 0 aromatic heterocycles. The van der Waals surface area contributed by atoms with E-state index in [4.69, 9.17) is 5.11 Å². The van der Waals surface area contributed by atoms with E-state index < -0.39 is 5.97 Å². The highest BCUT2D eigenvalue weighted by Crippen LogP contribution is 1.82. The number of carboxylic acids is 1. The van der Waals surface area contributed by atoms with E-state index in [-0.39, 0.29) is 5.84 Å². The normalized spacial score (nSPS) is 18.1. The van der Waals surface area contributed by atoms with E-state index in [0.717, 1.165) is 0 Å². The monoisotopic (exact) mass is 130 g/mol. The van der Waals surface area contributed by atoms with E-state index in [2.05, 4.69) is 16.1 Å². The van der Waals surface area contributed by atoms with Crippen LogP contribution in [0.1, 0.15) is 0 Å². The Morgan fingerprint density at radius 3 is 2.78 bits per heavy atom. The van der Waals surface area contributed by atoms with Crippen LogP contribution in [0.25, 0.3) is 0 Å². The minimum Gasteiger partial charge on any atom is -0.475 e. The summed E-state index contributed by atoms with van der Waals surface area (Å²) in [5.41, 5.74) is 4.81. The third-order valence-electron chi connectivity index (χ3n) is 0.788. The lowest BCUT2D eigenvalue weighted by Gasteiger charge is -2.05. The minimum atomic E-state index is -1.08. The van der Waals surface area contributed by atoms with Crippen molar-refractivity contribution in [3.8, 4) is 0 Å². The van der Waals surface area contributed by atoms with Gasteiger partial charge in [-0.05, 0) is 0 Å². The fraction of sp³-hybridized carbons (Fsp3) is 0.333. The Bertz CT molecular complexity index is 165. The van der Waals surface area contributed by atoms with E-state index >= 15 is 0 Å². The summed E-state index contributed by atoms with van der Waals surface area (Å²) in [6, 6.07) is 0. The molecule has 0 aromatic rings. The lowest BCUT2D eigenvalue weighted by Crippen LogP contribution is -2.39. The van der Waals surface area contributed by atoms with Crippen LogP contribution in [0.4, 0.5) is 0 Å². The van der Waals surface area contributed by atoms with Crippen LogP contribution in [0.5, 0.6) is 0 Å². The van der Waals surface area contributed by atoms with Gasteiger partial charge in [-0.3, -0.25) is 5.43 Å². The van der Waals surface area contributed by atoms with E-state index in [1.807, 2.05) is 0 Å². The molecule has 1 heterocycles. The molecule has 50 valence electrons. The number of aliphatic carboxylic acids is 1. The van der Waals surface area contributed by atoms with Crippen molar-refractivity contribution in [2.24, 2.45) is 5.10 Å². The van der Waals surface area contributed by atoms with Crippen LogP contribution in [0.3, 0.4) is 0 Å². The molecule has 0 amide bonds. The second-order valence-corrected chi connectivity index (χ2v) is 1.54. The highest BCUT2D eigenvalue weighted by atomic mass is 16.4. The molecule has 0 unspecified atom stereocenters. The molecule has 0 atom stereocenters. The highest BCUT2D eigenvalue weighted by molar-refractivity contribution is 6.34. The number of nitrogens with one attached hydrogen (secondary N) is 2. The number of carbonyl (C=O) groups is 1. The van der Waals surface area contributed by atoms with Crippen LogP contribution in [-0.4, -0.2) is 29.1 Å². The molecule has 9 heavy (non-hydrogen) atoms. The van der Waals surface area contributed by atoms with Crippen LogP contribution in [0, 0.1) is 0 Å². The first-order valence-corrected chi connectivity index (χ1v) is 2.27. The lowest BCUT2D eigenvalue weighted by molar-refractivity contribution is -0.129. The molecule has 1 aliphatic heterocycles. The summed E-state index contributed by atoms with van der Waals surface area (Å²) in [5, 5.41) is 13.0. The van der Waals surface area contributed by atoms with Crippen LogP contribution in [0.2, 0.25) is 0 Å². The second kappa shape index (κ2) is 1.90. The fourth-order valence-corrected chi connectivity index (χ4v) is 0.429. The number of hydrazine groups is 2. The van der Waals surface area contributed by atoms with Gasteiger partial charge in [0.05, 0.1) is 0 Å². The van der Waals surface area contributed by atoms with E-state index in [0.29, 0.717) is 0 Å². The van der Waals surface area contributed by atoms with Gasteiger partial charge in [0.2, 0.25) is 5.84 Å². The number of rotatable bonds is 1. The van der Waals surface area contributed by atoms with Gasteiger partial charge >= 0.3 is 5.97 Å². The number of amidine groups is 1. The largest absolute Gasteiger partial charge is 0.475 e.